The van der Waals surface area contributed by atoms with Crippen LogP contribution in [0.4, 0.5) is 0 Å². The van der Waals surface area contributed by atoms with Gasteiger partial charge in [0, 0.05) is 13.2 Å². The summed E-state index contributed by atoms with van der Waals surface area (Å²) in [6, 6.07) is 0. The largest absolute Gasteiger partial charge is 0.371 e. The lowest BCUT2D eigenvalue weighted by molar-refractivity contribution is 0.480. The number of nitrogens with zero attached hydrogens (tertiary/aromatic N) is 1. The summed E-state index contributed by atoms with van der Waals surface area (Å²) in [6.45, 7) is 10.4. The highest BCUT2D eigenvalue weighted by molar-refractivity contribution is 14.1. The fourth-order valence-corrected chi connectivity index (χ4v) is 1.02. The minimum absolute atomic E-state index is 0.196. The number of halogens is 1. The van der Waals surface area contributed by atoms with Gasteiger partial charge in [0.2, 0.25) is 0 Å². The Balaban J connectivity index is 4.55. The van der Waals surface area contributed by atoms with E-state index in [1.807, 2.05) is 6.08 Å². The predicted molar refractivity (Wildman–Crippen MR) is 64.4 cm³/mol. The smallest absolute Gasteiger partial charge is 0.0690 e. The summed E-state index contributed by atoms with van der Waals surface area (Å²) in [4.78, 5) is 2.16. The molecule has 12 heavy (non-hydrogen) atoms. The molecule has 0 rings (SSSR count). The zero-order valence-corrected chi connectivity index (χ0v) is 10.6. The molecule has 0 saturated carbocycles. The number of allylic oxidation sites excluding steroid dienone is 2. The van der Waals surface area contributed by atoms with Gasteiger partial charge in [-0.25, -0.2) is 0 Å². The van der Waals surface area contributed by atoms with Gasteiger partial charge < -0.3 is 4.90 Å². The van der Waals surface area contributed by atoms with Gasteiger partial charge in [0.15, 0.2) is 0 Å². The number of rotatable bonds is 3. The Morgan fingerprint density at radius 3 is 2.25 bits per heavy atom. The first-order valence-electron chi connectivity index (χ1n) is 4.02. The lowest BCUT2D eigenvalue weighted by atomic mass is 9.87. The van der Waals surface area contributed by atoms with E-state index in [1.54, 1.807) is 0 Å². The van der Waals surface area contributed by atoms with Crippen LogP contribution in [0.5, 0.6) is 0 Å². The van der Waals surface area contributed by atoms with Crippen molar-refractivity contribution in [1.82, 2.24) is 4.90 Å². The fourth-order valence-electron chi connectivity index (χ4n) is 0.824. The first-order valence-corrected chi connectivity index (χ1v) is 5.55. The van der Waals surface area contributed by atoms with Crippen LogP contribution in [0.15, 0.2) is 24.4 Å². The third kappa shape index (κ3) is 4.14. The van der Waals surface area contributed by atoms with Crippen LogP contribution < -0.4 is 0 Å². The molecule has 0 aromatic carbocycles. The number of hydrogen-bond donors (Lipinski definition) is 0. The summed E-state index contributed by atoms with van der Waals surface area (Å²) in [5, 5.41) is 0. The molecule has 0 heterocycles. The van der Waals surface area contributed by atoms with E-state index >= 15 is 0 Å². The third-order valence-corrected chi connectivity index (χ3v) is 2.71. The highest BCUT2D eigenvalue weighted by Crippen LogP contribution is 2.25. The van der Waals surface area contributed by atoms with E-state index in [0.29, 0.717) is 0 Å². The average molecular weight is 279 g/mol. The molecule has 0 saturated heterocycles. The van der Waals surface area contributed by atoms with Crippen LogP contribution in [0.3, 0.4) is 0 Å². The van der Waals surface area contributed by atoms with Crippen LogP contribution in [0.1, 0.15) is 20.8 Å². The molecule has 0 bridgehead atoms. The van der Waals surface area contributed by atoms with E-state index in [2.05, 4.69) is 68.1 Å². The maximum Gasteiger partial charge on any atom is 0.0690 e. The monoisotopic (exact) mass is 279 g/mol. The summed E-state index contributed by atoms with van der Waals surface area (Å²) in [5.74, 6) is 0. The summed E-state index contributed by atoms with van der Waals surface area (Å²) < 4.78 is 1.01. The van der Waals surface area contributed by atoms with Gasteiger partial charge in [0.1, 0.15) is 0 Å². The van der Waals surface area contributed by atoms with E-state index in [4.69, 9.17) is 0 Å². The van der Waals surface area contributed by atoms with Crippen LogP contribution in [0.25, 0.3) is 0 Å². The first-order chi connectivity index (χ1) is 5.41. The second kappa shape index (κ2) is 4.90. The Morgan fingerprint density at radius 2 is 2.00 bits per heavy atom. The Morgan fingerprint density at radius 1 is 1.50 bits per heavy atom. The lowest BCUT2D eigenvalue weighted by Gasteiger charge is -2.22. The van der Waals surface area contributed by atoms with Crippen molar-refractivity contribution in [2.45, 2.75) is 20.8 Å². The Kier molecular flexibility index (Phi) is 4.90. The Labute approximate surface area is 89.7 Å². The molecule has 0 atom stereocenters. The zero-order chi connectivity index (χ0) is 9.78. The second-order valence-corrected chi connectivity index (χ2v) is 4.60. The summed E-state index contributed by atoms with van der Waals surface area (Å²) >= 11 is 2.34. The van der Waals surface area contributed by atoms with Gasteiger partial charge in [-0.3, -0.25) is 0 Å². The average Bonchev–Trinajstić information content (AvgIpc) is 1.97. The van der Waals surface area contributed by atoms with Gasteiger partial charge in [-0.15, -0.1) is 0 Å². The molecule has 0 unspecified atom stereocenters. The van der Waals surface area contributed by atoms with Gasteiger partial charge in [-0.05, 0) is 11.0 Å². The molecule has 70 valence electrons. The van der Waals surface area contributed by atoms with Crippen LogP contribution in [0, 0.1) is 5.41 Å². The molecule has 0 aliphatic heterocycles. The minimum atomic E-state index is 0.196. The van der Waals surface area contributed by atoms with Gasteiger partial charge >= 0.3 is 0 Å². The Bertz CT molecular complexity index is 177. The van der Waals surface area contributed by atoms with Crippen LogP contribution >= 0.6 is 22.6 Å². The van der Waals surface area contributed by atoms with Gasteiger partial charge in [-0.2, -0.15) is 0 Å². The van der Waals surface area contributed by atoms with Crippen molar-refractivity contribution < 1.29 is 0 Å². The molecule has 2 heteroatoms. The highest BCUT2D eigenvalue weighted by Gasteiger charge is 2.14. The summed E-state index contributed by atoms with van der Waals surface area (Å²) in [6.07, 6.45) is 4.09. The maximum atomic E-state index is 3.82. The molecule has 0 amide bonds. The van der Waals surface area contributed by atoms with Crippen molar-refractivity contribution in [3.05, 3.63) is 24.4 Å². The van der Waals surface area contributed by atoms with Gasteiger partial charge in [0.25, 0.3) is 0 Å². The molecule has 0 N–H and O–H groups in total. The Hall–Kier alpha value is 0.0100. The van der Waals surface area contributed by atoms with E-state index in [9.17, 15) is 0 Å². The molecule has 1 nitrogen and oxygen atoms in total. The van der Waals surface area contributed by atoms with Crippen molar-refractivity contribution in [2.75, 3.05) is 11.6 Å². The van der Waals surface area contributed by atoms with Crippen LogP contribution in [-0.4, -0.2) is 16.5 Å². The highest BCUT2D eigenvalue weighted by atomic mass is 127. The normalized spacial score (nSPS) is 12.9. The molecule has 0 fully saturated rings. The van der Waals surface area contributed by atoms with Crippen LogP contribution in [0.2, 0.25) is 0 Å². The zero-order valence-electron chi connectivity index (χ0n) is 8.39. The molecule has 0 radical (unpaired) electrons. The van der Waals surface area contributed by atoms with Crippen molar-refractivity contribution in [2.24, 2.45) is 5.41 Å². The fraction of sp³-hybridized carbons (Fsp3) is 0.600. The van der Waals surface area contributed by atoms with Crippen LogP contribution in [-0.2, 0) is 0 Å². The molecule has 0 aromatic rings. The predicted octanol–water partition coefficient (Wildman–Crippen LogP) is 3.43. The van der Waals surface area contributed by atoms with Crippen molar-refractivity contribution in [3.63, 3.8) is 0 Å². The van der Waals surface area contributed by atoms with Gasteiger partial charge in [-0.1, -0.05) is 56.0 Å². The molecular weight excluding hydrogens is 261 g/mol. The molecule has 0 aromatic heterocycles. The second-order valence-electron chi connectivity index (χ2n) is 3.92. The lowest BCUT2D eigenvalue weighted by Crippen LogP contribution is -2.14. The van der Waals surface area contributed by atoms with Crippen molar-refractivity contribution >= 4 is 22.6 Å². The SMILES string of the molecule is C=C/C(=C\N(C)CI)C(C)(C)C. The van der Waals surface area contributed by atoms with Crippen molar-refractivity contribution in [1.29, 1.82) is 0 Å². The molecule has 0 aliphatic rings. The quantitative estimate of drug-likeness (QED) is 0.331. The topological polar surface area (TPSA) is 3.24 Å². The number of hydrogen-bond acceptors (Lipinski definition) is 1. The molecule has 0 aliphatic carbocycles. The standard InChI is InChI=1S/C10H18IN/c1-6-9(10(2,3)4)7-12(5)8-11/h6-7H,1,8H2,2-5H3/b9-7+. The van der Waals surface area contributed by atoms with E-state index in [1.165, 1.54) is 5.57 Å². The third-order valence-electron chi connectivity index (χ3n) is 1.63. The molecule has 0 spiro atoms. The van der Waals surface area contributed by atoms with E-state index in [-0.39, 0.29) is 5.41 Å². The van der Waals surface area contributed by atoms with E-state index < -0.39 is 0 Å². The van der Waals surface area contributed by atoms with Crippen molar-refractivity contribution in [3.8, 4) is 0 Å². The van der Waals surface area contributed by atoms with Gasteiger partial charge in [0.05, 0.1) is 4.55 Å². The maximum absolute atomic E-state index is 3.82. The summed E-state index contributed by atoms with van der Waals surface area (Å²) in [5.41, 5.74) is 1.48. The number of alkyl halides is 1. The minimum Gasteiger partial charge on any atom is -0.371 e. The first kappa shape index (κ1) is 12.0. The van der Waals surface area contributed by atoms with E-state index in [0.717, 1.165) is 4.55 Å². The summed E-state index contributed by atoms with van der Waals surface area (Å²) in [7, 11) is 2.07. The molecular formula is C10H18IN.